The Labute approximate surface area is 122 Å². The fourth-order valence-electron chi connectivity index (χ4n) is 1.63. The molecule has 5 heteroatoms. The van der Waals surface area contributed by atoms with Crippen LogP contribution in [0.25, 0.3) is 10.1 Å². The van der Waals surface area contributed by atoms with E-state index in [1.54, 1.807) is 0 Å². The number of carbonyl (C=O) groups is 1. The number of hydrogen-bond donors (Lipinski definition) is 0. The largest absolute Gasteiger partial charge is 0.309 e. The van der Waals surface area contributed by atoms with Crippen LogP contribution in [0.5, 0.6) is 0 Å². The van der Waals surface area contributed by atoms with Gasteiger partial charge in [-0.1, -0.05) is 29.8 Å². The average Bonchev–Trinajstić information content (AvgIpc) is 2.64. The molecule has 1 aromatic carbocycles. The third-order valence-corrected chi connectivity index (χ3v) is 4.29. The second-order valence-corrected chi connectivity index (χ2v) is 5.65. The smallest absolute Gasteiger partial charge is 0.175 e. The first-order valence-electron chi connectivity index (χ1n) is 5.44. The SMILES string of the molecule is CN(C)CCC(=O)c1sc2ccccc2c1Cl.Cl. The number of carbonyl (C=O) groups excluding carboxylic acids is 1. The van der Waals surface area contributed by atoms with Crippen molar-refractivity contribution < 1.29 is 4.79 Å². The van der Waals surface area contributed by atoms with Crippen molar-refractivity contribution in [2.75, 3.05) is 20.6 Å². The van der Waals surface area contributed by atoms with E-state index < -0.39 is 0 Å². The van der Waals surface area contributed by atoms with Crippen LogP contribution in [0, 0.1) is 0 Å². The van der Waals surface area contributed by atoms with Crippen LogP contribution < -0.4 is 0 Å². The van der Waals surface area contributed by atoms with E-state index >= 15 is 0 Å². The van der Waals surface area contributed by atoms with Crippen LogP contribution in [0.2, 0.25) is 5.02 Å². The summed E-state index contributed by atoms with van der Waals surface area (Å²) < 4.78 is 1.07. The van der Waals surface area contributed by atoms with E-state index in [1.165, 1.54) is 11.3 Å². The third kappa shape index (κ3) is 3.23. The Hall–Kier alpha value is -0.610. The molecule has 0 saturated carbocycles. The fourth-order valence-corrected chi connectivity index (χ4v) is 3.14. The van der Waals surface area contributed by atoms with Gasteiger partial charge in [-0.3, -0.25) is 4.79 Å². The highest BCUT2D eigenvalue weighted by molar-refractivity contribution is 7.21. The van der Waals surface area contributed by atoms with Crippen LogP contribution in [0.1, 0.15) is 16.1 Å². The first-order chi connectivity index (χ1) is 8.09. The number of ketones is 1. The Morgan fingerprint density at radius 2 is 2.00 bits per heavy atom. The molecule has 0 unspecified atom stereocenters. The highest BCUT2D eigenvalue weighted by atomic mass is 35.5. The summed E-state index contributed by atoms with van der Waals surface area (Å²) in [5.74, 6) is 0.130. The molecule has 0 aliphatic heterocycles. The summed E-state index contributed by atoms with van der Waals surface area (Å²) >= 11 is 7.73. The van der Waals surface area contributed by atoms with Gasteiger partial charge in [0.15, 0.2) is 5.78 Å². The van der Waals surface area contributed by atoms with E-state index in [9.17, 15) is 4.79 Å². The van der Waals surface area contributed by atoms with Crippen LogP contribution in [-0.2, 0) is 0 Å². The quantitative estimate of drug-likeness (QED) is 0.792. The molecule has 1 heterocycles. The van der Waals surface area contributed by atoms with Gasteiger partial charge in [-0.05, 0) is 20.2 Å². The zero-order valence-electron chi connectivity index (χ0n) is 10.3. The number of thiophene rings is 1. The lowest BCUT2D eigenvalue weighted by Crippen LogP contribution is -2.16. The average molecular weight is 304 g/mol. The number of rotatable bonds is 4. The Morgan fingerprint density at radius 1 is 1.33 bits per heavy atom. The van der Waals surface area contributed by atoms with Gasteiger partial charge in [0.25, 0.3) is 0 Å². The molecule has 18 heavy (non-hydrogen) atoms. The predicted molar refractivity (Wildman–Crippen MR) is 81.6 cm³/mol. The van der Waals surface area contributed by atoms with Gasteiger partial charge >= 0.3 is 0 Å². The number of hydrogen-bond acceptors (Lipinski definition) is 3. The fraction of sp³-hybridized carbons (Fsp3) is 0.308. The van der Waals surface area contributed by atoms with Crippen LogP contribution in [0.15, 0.2) is 24.3 Å². The minimum Gasteiger partial charge on any atom is -0.309 e. The molecule has 0 atom stereocenters. The summed E-state index contributed by atoms with van der Waals surface area (Å²) in [6.45, 7) is 0.753. The minimum atomic E-state index is 0. The van der Waals surface area contributed by atoms with Gasteiger partial charge in [0.1, 0.15) is 0 Å². The number of fused-ring (bicyclic) bond motifs is 1. The minimum absolute atomic E-state index is 0. The standard InChI is InChI=1S/C13H14ClNOS.ClH/c1-15(2)8-7-10(16)13-12(14)9-5-3-4-6-11(9)17-13;/h3-6H,7-8H2,1-2H3;1H. The Kier molecular flexibility index (Phi) is 5.60. The van der Waals surface area contributed by atoms with Gasteiger partial charge < -0.3 is 4.90 Å². The number of halogens is 2. The van der Waals surface area contributed by atoms with Crippen LogP contribution in [0.4, 0.5) is 0 Å². The molecule has 1 aromatic heterocycles. The molecule has 2 aromatic rings. The first-order valence-corrected chi connectivity index (χ1v) is 6.64. The summed E-state index contributed by atoms with van der Waals surface area (Å²) in [6.07, 6.45) is 0.513. The first kappa shape index (κ1) is 15.4. The highest BCUT2D eigenvalue weighted by Gasteiger charge is 2.16. The van der Waals surface area contributed by atoms with Gasteiger partial charge in [0.05, 0.1) is 9.90 Å². The second kappa shape index (κ2) is 6.53. The van der Waals surface area contributed by atoms with Gasteiger partial charge in [-0.15, -0.1) is 23.7 Å². The molecular formula is C13H15Cl2NOS. The molecule has 2 nitrogen and oxygen atoms in total. The molecular weight excluding hydrogens is 289 g/mol. The Bertz CT molecular complexity index is 551. The number of Topliss-reactive ketones (excluding diaryl/α,β-unsaturated/α-hetero) is 1. The van der Waals surface area contributed by atoms with Gasteiger partial charge in [-0.2, -0.15) is 0 Å². The van der Waals surface area contributed by atoms with Gasteiger partial charge in [0, 0.05) is 23.1 Å². The summed E-state index contributed by atoms with van der Waals surface area (Å²) in [6, 6.07) is 7.85. The lowest BCUT2D eigenvalue weighted by Gasteiger charge is -2.07. The van der Waals surface area contributed by atoms with Crippen molar-refractivity contribution in [3.8, 4) is 0 Å². The zero-order chi connectivity index (χ0) is 12.4. The van der Waals surface area contributed by atoms with E-state index in [4.69, 9.17) is 11.6 Å². The maximum Gasteiger partial charge on any atom is 0.175 e. The van der Waals surface area contributed by atoms with Crippen LogP contribution in [-0.4, -0.2) is 31.3 Å². The van der Waals surface area contributed by atoms with Crippen LogP contribution in [0.3, 0.4) is 0 Å². The summed E-state index contributed by atoms with van der Waals surface area (Å²) in [7, 11) is 3.92. The zero-order valence-corrected chi connectivity index (χ0v) is 12.7. The molecule has 0 N–H and O–H groups in total. The van der Waals surface area contributed by atoms with Gasteiger partial charge in [0.2, 0.25) is 0 Å². The molecule has 0 fully saturated rings. The van der Waals surface area contributed by atoms with Crippen molar-refractivity contribution in [1.29, 1.82) is 0 Å². The lowest BCUT2D eigenvalue weighted by molar-refractivity contribution is 0.0976. The number of nitrogens with zero attached hydrogens (tertiary/aromatic N) is 1. The highest BCUT2D eigenvalue weighted by Crippen LogP contribution is 2.35. The van der Waals surface area contributed by atoms with Crippen molar-refractivity contribution in [3.63, 3.8) is 0 Å². The normalized spacial score (nSPS) is 10.7. The molecule has 0 spiro atoms. The maximum absolute atomic E-state index is 12.0. The molecule has 2 rings (SSSR count). The maximum atomic E-state index is 12.0. The molecule has 0 aliphatic rings. The second-order valence-electron chi connectivity index (χ2n) is 4.22. The van der Waals surface area contributed by atoms with Crippen molar-refractivity contribution in [3.05, 3.63) is 34.2 Å². The number of benzene rings is 1. The molecule has 0 saturated heterocycles. The molecule has 98 valence electrons. The summed E-state index contributed by atoms with van der Waals surface area (Å²) in [4.78, 5) is 14.7. The van der Waals surface area contributed by atoms with Crippen LogP contribution >= 0.6 is 35.3 Å². The van der Waals surface area contributed by atoms with E-state index in [1.807, 2.05) is 43.3 Å². The topological polar surface area (TPSA) is 20.3 Å². The van der Waals surface area contributed by atoms with E-state index in [-0.39, 0.29) is 18.2 Å². The molecule has 0 aliphatic carbocycles. The Balaban J connectivity index is 0.00000162. The van der Waals surface area contributed by atoms with E-state index in [0.717, 1.165) is 16.6 Å². The summed E-state index contributed by atoms with van der Waals surface area (Å²) in [5.41, 5.74) is 0. The monoisotopic (exact) mass is 303 g/mol. The van der Waals surface area contributed by atoms with Crippen molar-refractivity contribution in [2.45, 2.75) is 6.42 Å². The lowest BCUT2D eigenvalue weighted by atomic mass is 10.2. The van der Waals surface area contributed by atoms with Gasteiger partial charge in [-0.25, -0.2) is 0 Å². The van der Waals surface area contributed by atoms with E-state index in [2.05, 4.69) is 0 Å². The molecule has 0 amide bonds. The Morgan fingerprint density at radius 3 is 2.61 bits per heavy atom. The van der Waals surface area contributed by atoms with Crippen molar-refractivity contribution in [2.24, 2.45) is 0 Å². The van der Waals surface area contributed by atoms with Crippen molar-refractivity contribution in [1.82, 2.24) is 4.90 Å². The predicted octanol–water partition coefficient (Wildman–Crippen LogP) is 4.11. The summed E-state index contributed by atoms with van der Waals surface area (Å²) in [5, 5.41) is 1.58. The third-order valence-electron chi connectivity index (χ3n) is 2.57. The molecule has 0 radical (unpaired) electrons. The van der Waals surface area contributed by atoms with E-state index in [0.29, 0.717) is 16.3 Å². The molecule has 0 bridgehead atoms. The van der Waals surface area contributed by atoms with Crippen molar-refractivity contribution >= 4 is 51.2 Å².